The molecule has 0 atom stereocenters. The highest BCUT2D eigenvalue weighted by atomic mass is 32.2. The molecule has 2 aromatic carbocycles. The lowest BCUT2D eigenvalue weighted by atomic mass is 10.2. The first-order valence-corrected chi connectivity index (χ1v) is 15.9. The number of anilines is 1. The van der Waals surface area contributed by atoms with Gasteiger partial charge in [0.15, 0.2) is 29.4 Å². The van der Waals surface area contributed by atoms with Crippen molar-refractivity contribution in [3.8, 4) is 28.6 Å². The number of methoxy groups -OCH3 is 1. The van der Waals surface area contributed by atoms with E-state index in [9.17, 15) is 18.0 Å². The van der Waals surface area contributed by atoms with Crippen LogP contribution in [0.2, 0.25) is 0 Å². The minimum Gasteiger partial charge on any atom is -0.493 e. The summed E-state index contributed by atoms with van der Waals surface area (Å²) in [6, 6.07) is 8.83. The number of aryl methyl sites for hydroxylation is 2. The van der Waals surface area contributed by atoms with Crippen molar-refractivity contribution in [2.75, 3.05) is 38.1 Å². The first kappa shape index (κ1) is 32.3. The maximum absolute atomic E-state index is 13.6. The van der Waals surface area contributed by atoms with E-state index in [1.165, 1.54) is 42.0 Å². The van der Waals surface area contributed by atoms with Gasteiger partial charge in [0.1, 0.15) is 11.6 Å². The molecule has 0 aliphatic carbocycles. The van der Waals surface area contributed by atoms with Gasteiger partial charge in [-0.25, -0.2) is 17.9 Å². The van der Waals surface area contributed by atoms with E-state index in [2.05, 4.69) is 19.8 Å². The first-order valence-electron chi connectivity index (χ1n) is 14.4. The van der Waals surface area contributed by atoms with E-state index < -0.39 is 15.6 Å². The number of imidazole rings is 1. The molecule has 0 saturated carbocycles. The van der Waals surface area contributed by atoms with E-state index >= 15 is 0 Å². The molecule has 4 aromatic rings. The number of likely N-dealkylation sites (N-methyl/N-ethyl adjacent to an activating group) is 1. The van der Waals surface area contributed by atoms with Gasteiger partial charge in [-0.15, -0.1) is 5.10 Å². The Bertz CT molecular complexity index is 1810. The molecule has 2 N–H and O–H groups in total. The third-order valence-electron chi connectivity index (χ3n) is 6.92. The third kappa shape index (κ3) is 6.80. The van der Waals surface area contributed by atoms with Gasteiger partial charge in [-0.1, -0.05) is 6.92 Å². The number of nitrogens with one attached hydrogen (secondary N) is 2. The Morgan fingerprint density at radius 1 is 1.02 bits per heavy atom. The summed E-state index contributed by atoms with van der Waals surface area (Å²) in [5, 5.41) is 4.63. The van der Waals surface area contributed by atoms with E-state index in [1.54, 1.807) is 24.8 Å². The number of carbonyl (C=O) groups excluding carboxylic acids is 1. The molecule has 0 spiro atoms. The number of hydrogen-bond donors (Lipinski definition) is 2. The normalized spacial score (nSPS) is 11.4. The standard InChI is InChI=1S/C30H38N6O7S/c1-7-11-26-31-19(5)28-30(38)32-29(33-36(26)28)22-17-21(13-15-23(22)42-10-4)44(39,40)34-20-12-14-24(41-6)25(16-20)43-18-27(37)35(8-2)9-3/h12-17,34H,7-11,18H2,1-6H3,(H,32,33,38). The first-order chi connectivity index (χ1) is 21.1. The van der Waals surface area contributed by atoms with Crippen LogP contribution in [-0.2, 0) is 21.2 Å². The molecule has 236 valence electrons. The molecular weight excluding hydrogens is 588 g/mol. The fourth-order valence-corrected chi connectivity index (χ4v) is 5.83. The van der Waals surface area contributed by atoms with Crippen LogP contribution in [0, 0.1) is 6.92 Å². The van der Waals surface area contributed by atoms with Crippen LogP contribution in [0.5, 0.6) is 17.2 Å². The average Bonchev–Trinajstić information content (AvgIpc) is 3.32. The summed E-state index contributed by atoms with van der Waals surface area (Å²) in [6.07, 6.45) is 1.41. The van der Waals surface area contributed by atoms with E-state index in [1.807, 2.05) is 20.8 Å². The van der Waals surface area contributed by atoms with E-state index in [4.69, 9.17) is 14.2 Å². The van der Waals surface area contributed by atoms with Gasteiger partial charge in [0.25, 0.3) is 21.5 Å². The van der Waals surface area contributed by atoms with E-state index in [0.717, 1.165) is 6.42 Å². The summed E-state index contributed by atoms with van der Waals surface area (Å²) in [6.45, 7) is 10.4. The van der Waals surface area contributed by atoms with Gasteiger partial charge in [0.2, 0.25) is 0 Å². The Balaban J connectivity index is 1.70. The fourth-order valence-electron chi connectivity index (χ4n) is 4.76. The van der Waals surface area contributed by atoms with Gasteiger partial charge in [0, 0.05) is 25.6 Å². The predicted molar refractivity (Wildman–Crippen MR) is 166 cm³/mol. The SMILES string of the molecule is CCCc1nc(C)c2c(=O)[nH]c(-c3cc(S(=O)(=O)Nc4ccc(OC)c(OCC(=O)N(CC)CC)c4)ccc3OCC)nn12. The van der Waals surface area contributed by atoms with Gasteiger partial charge in [0.05, 0.1) is 35.6 Å². The van der Waals surface area contributed by atoms with Crippen molar-refractivity contribution in [2.45, 2.75) is 52.4 Å². The lowest BCUT2D eigenvalue weighted by Gasteiger charge is -2.19. The lowest BCUT2D eigenvalue weighted by molar-refractivity contribution is -0.133. The summed E-state index contributed by atoms with van der Waals surface area (Å²) < 4.78 is 48.0. The predicted octanol–water partition coefficient (Wildman–Crippen LogP) is 3.80. The molecule has 2 aromatic heterocycles. The molecule has 2 heterocycles. The molecule has 1 amide bonds. The minimum atomic E-state index is -4.15. The Morgan fingerprint density at radius 3 is 2.41 bits per heavy atom. The number of amides is 1. The van der Waals surface area contributed by atoms with Crippen LogP contribution in [0.25, 0.3) is 16.9 Å². The van der Waals surface area contributed by atoms with Gasteiger partial charge < -0.3 is 24.1 Å². The van der Waals surface area contributed by atoms with Crippen LogP contribution in [-0.4, -0.2) is 72.2 Å². The Kier molecular flexibility index (Phi) is 10.1. The molecule has 0 fully saturated rings. The highest BCUT2D eigenvalue weighted by molar-refractivity contribution is 7.92. The smallest absolute Gasteiger partial charge is 0.277 e. The fraction of sp³-hybridized carbons (Fsp3) is 0.400. The molecule has 0 unspecified atom stereocenters. The van der Waals surface area contributed by atoms with E-state index in [0.29, 0.717) is 54.7 Å². The van der Waals surface area contributed by atoms with Crippen LogP contribution >= 0.6 is 0 Å². The summed E-state index contributed by atoms with van der Waals surface area (Å²) in [4.78, 5) is 34.3. The highest BCUT2D eigenvalue weighted by Crippen LogP contribution is 2.33. The maximum Gasteiger partial charge on any atom is 0.277 e. The van der Waals surface area contributed by atoms with Crippen molar-refractivity contribution >= 4 is 27.1 Å². The van der Waals surface area contributed by atoms with Crippen molar-refractivity contribution in [3.05, 3.63) is 58.3 Å². The Morgan fingerprint density at radius 2 is 1.75 bits per heavy atom. The number of aromatic nitrogens is 4. The maximum atomic E-state index is 13.6. The molecule has 44 heavy (non-hydrogen) atoms. The van der Waals surface area contributed by atoms with Crippen LogP contribution in [0.15, 0.2) is 46.1 Å². The van der Waals surface area contributed by atoms with Crippen molar-refractivity contribution in [1.29, 1.82) is 0 Å². The topological polar surface area (TPSA) is 157 Å². The van der Waals surface area contributed by atoms with Crippen LogP contribution in [0.1, 0.15) is 45.6 Å². The molecule has 0 bridgehead atoms. The quantitative estimate of drug-likeness (QED) is 0.212. The molecule has 13 nitrogen and oxygen atoms in total. The highest BCUT2D eigenvalue weighted by Gasteiger charge is 2.22. The molecule has 14 heteroatoms. The zero-order valence-corrected chi connectivity index (χ0v) is 26.6. The van der Waals surface area contributed by atoms with Gasteiger partial charge in [-0.05, 0) is 64.4 Å². The monoisotopic (exact) mass is 626 g/mol. The van der Waals surface area contributed by atoms with Crippen molar-refractivity contribution in [3.63, 3.8) is 0 Å². The summed E-state index contributed by atoms with van der Waals surface area (Å²) in [7, 11) is -2.70. The zero-order valence-electron chi connectivity index (χ0n) is 25.8. The molecule has 0 saturated heterocycles. The number of hydrogen-bond acceptors (Lipinski definition) is 9. The van der Waals surface area contributed by atoms with Crippen LogP contribution in [0.3, 0.4) is 0 Å². The van der Waals surface area contributed by atoms with Crippen LogP contribution in [0.4, 0.5) is 5.69 Å². The number of fused-ring (bicyclic) bond motifs is 1. The van der Waals surface area contributed by atoms with Gasteiger partial charge in [-0.2, -0.15) is 0 Å². The Hall–Kier alpha value is -4.59. The average molecular weight is 627 g/mol. The molecule has 4 rings (SSSR count). The number of nitrogens with zero attached hydrogens (tertiary/aromatic N) is 4. The van der Waals surface area contributed by atoms with Crippen molar-refractivity contribution in [2.24, 2.45) is 0 Å². The number of aromatic amines is 1. The number of benzene rings is 2. The summed E-state index contributed by atoms with van der Waals surface area (Å²) in [5.74, 6) is 1.45. The number of sulfonamides is 1. The molecule has 0 aliphatic heterocycles. The van der Waals surface area contributed by atoms with Gasteiger partial charge in [-0.3, -0.25) is 14.3 Å². The Labute approximate surface area is 256 Å². The minimum absolute atomic E-state index is 0.0933. The largest absolute Gasteiger partial charge is 0.493 e. The third-order valence-corrected chi connectivity index (χ3v) is 8.29. The second-order valence-electron chi connectivity index (χ2n) is 9.84. The molecular formula is C30H38N6O7S. The lowest BCUT2D eigenvalue weighted by Crippen LogP contribution is -2.34. The number of carbonyl (C=O) groups is 1. The second kappa shape index (κ2) is 13.8. The van der Waals surface area contributed by atoms with Crippen molar-refractivity contribution < 1.29 is 27.4 Å². The second-order valence-corrected chi connectivity index (χ2v) is 11.5. The van der Waals surface area contributed by atoms with Gasteiger partial charge >= 0.3 is 0 Å². The number of ether oxygens (including phenoxy) is 3. The van der Waals surface area contributed by atoms with Crippen LogP contribution < -0.4 is 24.5 Å². The van der Waals surface area contributed by atoms with Crippen molar-refractivity contribution in [1.82, 2.24) is 24.5 Å². The van der Waals surface area contributed by atoms with E-state index in [-0.39, 0.29) is 40.2 Å². The molecule has 0 radical (unpaired) electrons. The summed E-state index contributed by atoms with van der Waals surface area (Å²) in [5.41, 5.74) is 0.965. The zero-order chi connectivity index (χ0) is 32.0. The number of H-pyrrole nitrogens is 1. The number of rotatable bonds is 14. The molecule has 0 aliphatic rings. The summed E-state index contributed by atoms with van der Waals surface area (Å²) >= 11 is 0.